The van der Waals surface area contributed by atoms with E-state index < -0.39 is 8.32 Å². The molecule has 1 aliphatic rings. The predicted octanol–water partition coefficient (Wildman–Crippen LogP) is 3.40. The topological polar surface area (TPSA) is 40.2 Å². The molecule has 23 heavy (non-hydrogen) atoms. The van der Waals surface area contributed by atoms with Gasteiger partial charge in [0.15, 0.2) is 8.32 Å². The maximum absolute atomic E-state index is 5.88. The molecule has 0 aliphatic carbocycles. The van der Waals surface area contributed by atoms with E-state index in [9.17, 15) is 0 Å². The van der Waals surface area contributed by atoms with Gasteiger partial charge in [0.1, 0.15) is 6.10 Å². The molecule has 4 nitrogen and oxygen atoms in total. The van der Waals surface area contributed by atoms with Crippen LogP contribution in [0.1, 0.15) is 18.1 Å². The van der Waals surface area contributed by atoms with Crippen LogP contribution in [0.25, 0.3) is 0 Å². The second-order valence-corrected chi connectivity index (χ2v) is 10.9. The van der Waals surface area contributed by atoms with Gasteiger partial charge in [-0.1, -0.05) is 24.3 Å². The van der Waals surface area contributed by atoms with E-state index in [2.05, 4.69) is 44.3 Å². The maximum Gasteiger partial charge on any atom is 0.187 e. The van der Waals surface area contributed by atoms with Gasteiger partial charge in [0.2, 0.25) is 0 Å². The first kappa shape index (κ1) is 18.6. The Morgan fingerprint density at radius 3 is 2.39 bits per heavy atom. The monoisotopic (exact) mass is 338 g/mol. The Balaban J connectivity index is 1.59. The molecule has 0 radical (unpaired) electrons. The molecule has 0 spiro atoms. The molecule has 0 N–H and O–H groups in total. The summed E-state index contributed by atoms with van der Waals surface area (Å²) < 4.78 is 22.0. The fraction of sp³-hybridized carbons (Fsp3) is 0.667. The van der Waals surface area contributed by atoms with Crippen molar-refractivity contribution in [3.63, 3.8) is 0 Å². The molecule has 1 saturated heterocycles. The molecule has 0 saturated carbocycles. The lowest BCUT2D eigenvalue weighted by molar-refractivity contribution is 0.0352. The van der Waals surface area contributed by atoms with Gasteiger partial charge in [0.05, 0.1) is 33.0 Å². The fourth-order valence-electron chi connectivity index (χ4n) is 2.40. The Morgan fingerprint density at radius 1 is 1.09 bits per heavy atom. The first-order valence-electron chi connectivity index (χ1n) is 8.58. The van der Waals surface area contributed by atoms with Crippen molar-refractivity contribution in [2.24, 2.45) is 0 Å². The number of hydrogen-bond donors (Lipinski definition) is 0. The number of epoxide rings is 1. The summed E-state index contributed by atoms with van der Waals surface area (Å²) in [6.07, 6.45) is 1.43. The van der Waals surface area contributed by atoms with Crippen LogP contribution < -0.4 is 0 Å². The normalized spacial score (nSPS) is 17.4. The van der Waals surface area contributed by atoms with E-state index in [0.29, 0.717) is 32.5 Å². The van der Waals surface area contributed by atoms with E-state index in [1.54, 1.807) is 0 Å². The van der Waals surface area contributed by atoms with Crippen LogP contribution in [0.4, 0.5) is 0 Å². The third-order valence-electron chi connectivity index (χ3n) is 3.92. The van der Waals surface area contributed by atoms with Crippen LogP contribution in [0, 0.1) is 0 Å². The Morgan fingerprint density at radius 2 is 1.74 bits per heavy atom. The third-order valence-corrected chi connectivity index (χ3v) is 6.44. The van der Waals surface area contributed by atoms with E-state index in [4.69, 9.17) is 18.6 Å². The second-order valence-electron chi connectivity index (χ2n) is 6.59. The molecule has 1 fully saturated rings. The zero-order valence-corrected chi connectivity index (χ0v) is 15.7. The summed E-state index contributed by atoms with van der Waals surface area (Å²) in [5, 5.41) is 0. The Kier molecular flexibility index (Phi) is 7.72. The lowest BCUT2D eigenvalue weighted by Gasteiger charge is -2.21. The van der Waals surface area contributed by atoms with Crippen LogP contribution in [0.2, 0.25) is 19.1 Å². The SMILES string of the molecule is CCO[Si](C)(C)CCc1ccc(COCCOCC2CO2)cc1. The number of ether oxygens (including phenoxy) is 3. The van der Waals surface area contributed by atoms with Crippen molar-refractivity contribution in [3.05, 3.63) is 35.4 Å². The average Bonchev–Trinajstić information content (AvgIpc) is 3.34. The van der Waals surface area contributed by atoms with E-state index in [1.807, 2.05) is 0 Å². The highest BCUT2D eigenvalue weighted by Crippen LogP contribution is 2.16. The van der Waals surface area contributed by atoms with E-state index >= 15 is 0 Å². The van der Waals surface area contributed by atoms with Gasteiger partial charge in [0.25, 0.3) is 0 Å². The van der Waals surface area contributed by atoms with Gasteiger partial charge in [-0.25, -0.2) is 0 Å². The minimum absolute atomic E-state index is 0.332. The summed E-state index contributed by atoms with van der Waals surface area (Å²) in [5.74, 6) is 0. The minimum Gasteiger partial charge on any atom is -0.418 e. The lowest BCUT2D eigenvalue weighted by atomic mass is 10.1. The highest BCUT2D eigenvalue weighted by atomic mass is 28.4. The maximum atomic E-state index is 5.88. The molecule has 1 atom stereocenters. The van der Waals surface area contributed by atoms with Gasteiger partial charge in [-0.15, -0.1) is 0 Å². The van der Waals surface area contributed by atoms with Crippen LogP contribution in [0.15, 0.2) is 24.3 Å². The highest BCUT2D eigenvalue weighted by molar-refractivity contribution is 6.71. The van der Waals surface area contributed by atoms with Gasteiger partial charge in [0, 0.05) is 6.61 Å². The van der Waals surface area contributed by atoms with Gasteiger partial charge in [-0.05, 0) is 43.6 Å². The highest BCUT2D eigenvalue weighted by Gasteiger charge is 2.22. The van der Waals surface area contributed by atoms with Crippen LogP contribution >= 0.6 is 0 Å². The molecule has 1 unspecified atom stereocenters. The number of aryl methyl sites for hydroxylation is 1. The summed E-state index contributed by atoms with van der Waals surface area (Å²) in [7, 11) is -1.48. The standard InChI is InChI=1S/C18H30O4Si/c1-4-22-23(2,3)12-9-16-5-7-17(8-6-16)13-19-10-11-20-14-18-15-21-18/h5-8,18H,4,9-15H2,1-3H3. The number of hydrogen-bond acceptors (Lipinski definition) is 4. The molecule has 0 amide bonds. The Hall–Kier alpha value is -0.723. The van der Waals surface area contributed by atoms with Crippen LogP contribution in [-0.2, 0) is 31.7 Å². The van der Waals surface area contributed by atoms with Crippen LogP contribution in [0.5, 0.6) is 0 Å². The van der Waals surface area contributed by atoms with Crippen molar-refractivity contribution >= 4 is 8.32 Å². The lowest BCUT2D eigenvalue weighted by Crippen LogP contribution is -2.30. The van der Waals surface area contributed by atoms with Gasteiger partial charge >= 0.3 is 0 Å². The van der Waals surface area contributed by atoms with Crippen molar-refractivity contribution in [3.8, 4) is 0 Å². The molecule has 0 bridgehead atoms. The molecular weight excluding hydrogens is 308 g/mol. The Bertz CT molecular complexity index is 443. The molecule has 0 aromatic heterocycles. The van der Waals surface area contributed by atoms with E-state index in [1.165, 1.54) is 17.2 Å². The summed E-state index contributed by atoms with van der Waals surface area (Å²) in [6.45, 7) is 10.9. The molecule has 1 aromatic rings. The molecule has 1 aliphatic heterocycles. The molecule has 1 heterocycles. The first-order chi connectivity index (χ1) is 11.1. The first-order valence-corrected chi connectivity index (χ1v) is 11.7. The summed E-state index contributed by atoms with van der Waals surface area (Å²) in [6, 6.07) is 9.89. The summed E-state index contributed by atoms with van der Waals surface area (Å²) >= 11 is 0. The summed E-state index contributed by atoms with van der Waals surface area (Å²) in [4.78, 5) is 0. The van der Waals surface area contributed by atoms with Gasteiger partial charge in [-0.2, -0.15) is 0 Å². The van der Waals surface area contributed by atoms with Crippen molar-refractivity contribution in [2.45, 2.75) is 45.2 Å². The molecule has 5 heteroatoms. The third kappa shape index (κ3) is 8.08. The van der Waals surface area contributed by atoms with Crippen molar-refractivity contribution in [2.75, 3.05) is 33.0 Å². The summed E-state index contributed by atoms with van der Waals surface area (Å²) in [5.41, 5.74) is 2.59. The zero-order valence-electron chi connectivity index (χ0n) is 14.7. The molecule has 130 valence electrons. The minimum atomic E-state index is -1.48. The molecule has 2 rings (SSSR count). The fourth-order valence-corrected chi connectivity index (χ4v) is 4.21. The van der Waals surface area contributed by atoms with Crippen molar-refractivity contribution < 1.29 is 18.6 Å². The average molecular weight is 339 g/mol. The van der Waals surface area contributed by atoms with Crippen LogP contribution in [0.3, 0.4) is 0 Å². The van der Waals surface area contributed by atoms with Gasteiger partial charge < -0.3 is 18.6 Å². The largest absolute Gasteiger partial charge is 0.418 e. The molecular formula is C18H30O4Si. The van der Waals surface area contributed by atoms with Gasteiger partial charge in [-0.3, -0.25) is 0 Å². The predicted molar refractivity (Wildman–Crippen MR) is 94.3 cm³/mol. The number of rotatable bonds is 12. The van der Waals surface area contributed by atoms with Crippen molar-refractivity contribution in [1.29, 1.82) is 0 Å². The quantitative estimate of drug-likeness (QED) is 0.333. The Labute approximate surface area is 141 Å². The van der Waals surface area contributed by atoms with Crippen LogP contribution in [-0.4, -0.2) is 47.5 Å². The zero-order chi connectivity index (χ0) is 16.5. The second kappa shape index (κ2) is 9.54. The van der Waals surface area contributed by atoms with E-state index in [-0.39, 0.29) is 0 Å². The number of benzene rings is 1. The van der Waals surface area contributed by atoms with Crippen molar-refractivity contribution in [1.82, 2.24) is 0 Å². The smallest absolute Gasteiger partial charge is 0.187 e. The molecule has 1 aromatic carbocycles. The van der Waals surface area contributed by atoms with E-state index in [0.717, 1.165) is 19.6 Å².